The summed E-state index contributed by atoms with van der Waals surface area (Å²) in [5.41, 5.74) is 0.863. The molecule has 1 N–H and O–H groups in total. The van der Waals surface area contributed by atoms with E-state index in [9.17, 15) is 4.39 Å². The Balaban J connectivity index is 1.83. The summed E-state index contributed by atoms with van der Waals surface area (Å²) in [7, 11) is 1.65. The van der Waals surface area contributed by atoms with Crippen molar-refractivity contribution >= 4 is 0 Å². The Bertz CT molecular complexity index is 442. The molecule has 1 aromatic carbocycles. The van der Waals surface area contributed by atoms with Crippen molar-refractivity contribution in [3.8, 4) is 5.75 Å². The zero-order valence-electron chi connectivity index (χ0n) is 12.7. The van der Waals surface area contributed by atoms with Gasteiger partial charge in [0, 0.05) is 26.3 Å². The van der Waals surface area contributed by atoms with Crippen molar-refractivity contribution < 1.29 is 18.6 Å². The minimum atomic E-state index is -0.281. The molecule has 1 aliphatic heterocycles. The van der Waals surface area contributed by atoms with E-state index in [0.29, 0.717) is 31.6 Å². The van der Waals surface area contributed by atoms with Gasteiger partial charge in [-0.3, -0.25) is 0 Å². The molecule has 1 aromatic rings. The zero-order valence-corrected chi connectivity index (χ0v) is 12.7. The molecule has 0 amide bonds. The minimum absolute atomic E-state index is 0.117. The molecule has 0 aliphatic carbocycles. The fourth-order valence-electron chi connectivity index (χ4n) is 2.41. The van der Waals surface area contributed by atoms with Crippen molar-refractivity contribution in [2.75, 3.05) is 26.9 Å². The normalized spacial score (nSPS) is 21.7. The predicted molar refractivity (Wildman–Crippen MR) is 79.0 cm³/mol. The van der Waals surface area contributed by atoms with Crippen molar-refractivity contribution in [2.45, 2.75) is 38.5 Å². The SMILES string of the molecule is COCCNCc1cc(F)cc(OCC2CCC(C)O2)c1. The first kappa shape index (κ1) is 16.2. The Morgan fingerprint density at radius 3 is 2.90 bits per heavy atom. The lowest BCUT2D eigenvalue weighted by molar-refractivity contribution is 0.0264. The van der Waals surface area contributed by atoms with Crippen LogP contribution in [0, 0.1) is 5.82 Å². The highest BCUT2D eigenvalue weighted by atomic mass is 19.1. The molecule has 4 nitrogen and oxygen atoms in total. The second kappa shape index (κ2) is 8.32. The second-order valence-corrected chi connectivity index (χ2v) is 5.42. The van der Waals surface area contributed by atoms with E-state index in [-0.39, 0.29) is 11.9 Å². The van der Waals surface area contributed by atoms with Crippen LogP contribution in [-0.4, -0.2) is 39.1 Å². The van der Waals surface area contributed by atoms with Gasteiger partial charge in [-0.05, 0) is 37.5 Å². The summed E-state index contributed by atoms with van der Waals surface area (Å²) in [4.78, 5) is 0. The molecule has 0 spiro atoms. The molecule has 2 atom stereocenters. The Morgan fingerprint density at radius 2 is 2.19 bits per heavy atom. The third-order valence-electron chi connectivity index (χ3n) is 3.50. The number of halogens is 1. The average Bonchev–Trinajstić information content (AvgIpc) is 2.87. The second-order valence-electron chi connectivity index (χ2n) is 5.42. The van der Waals surface area contributed by atoms with Gasteiger partial charge in [-0.2, -0.15) is 0 Å². The molecular formula is C16H24FNO3. The Kier molecular flexibility index (Phi) is 6.42. The van der Waals surface area contributed by atoms with Gasteiger partial charge in [-0.25, -0.2) is 4.39 Å². The largest absolute Gasteiger partial charge is 0.491 e. The first-order valence-corrected chi connectivity index (χ1v) is 7.44. The van der Waals surface area contributed by atoms with Crippen molar-refractivity contribution in [3.05, 3.63) is 29.6 Å². The summed E-state index contributed by atoms with van der Waals surface area (Å²) in [5, 5.41) is 3.19. The zero-order chi connectivity index (χ0) is 15.1. The summed E-state index contributed by atoms with van der Waals surface area (Å²) in [5.74, 6) is 0.276. The van der Waals surface area contributed by atoms with Crippen LogP contribution in [0.5, 0.6) is 5.75 Å². The standard InChI is InChI=1S/C16H24FNO3/c1-12-3-4-15(21-12)11-20-16-8-13(7-14(17)9-16)10-18-5-6-19-2/h7-9,12,15,18H,3-6,10-11H2,1-2H3. The summed E-state index contributed by atoms with van der Waals surface area (Å²) in [6, 6.07) is 4.79. The molecule has 5 heteroatoms. The molecule has 1 fully saturated rings. The van der Waals surface area contributed by atoms with E-state index in [0.717, 1.165) is 24.9 Å². The number of hydrogen-bond acceptors (Lipinski definition) is 4. The van der Waals surface area contributed by atoms with Gasteiger partial charge < -0.3 is 19.5 Å². The Hall–Kier alpha value is -1.17. The van der Waals surface area contributed by atoms with Crippen LogP contribution in [0.2, 0.25) is 0 Å². The van der Waals surface area contributed by atoms with Gasteiger partial charge in [0.25, 0.3) is 0 Å². The molecule has 2 rings (SSSR count). The monoisotopic (exact) mass is 297 g/mol. The Morgan fingerprint density at radius 1 is 1.33 bits per heavy atom. The maximum absolute atomic E-state index is 13.6. The van der Waals surface area contributed by atoms with Crippen molar-refractivity contribution in [2.24, 2.45) is 0 Å². The molecule has 0 aromatic heterocycles. The molecule has 21 heavy (non-hydrogen) atoms. The smallest absolute Gasteiger partial charge is 0.127 e. The number of nitrogens with one attached hydrogen (secondary N) is 1. The topological polar surface area (TPSA) is 39.7 Å². The van der Waals surface area contributed by atoms with Gasteiger partial charge in [-0.15, -0.1) is 0 Å². The molecule has 0 bridgehead atoms. The Labute approximate surface area is 125 Å². The van der Waals surface area contributed by atoms with E-state index in [1.165, 1.54) is 12.1 Å². The molecule has 0 saturated carbocycles. The third kappa shape index (κ3) is 5.61. The van der Waals surface area contributed by atoms with Crippen molar-refractivity contribution in [3.63, 3.8) is 0 Å². The molecule has 118 valence electrons. The van der Waals surface area contributed by atoms with Crippen LogP contribution in [0.15, 0.2) is 18.2 Å². The van der Waals surface area contributed by atoms with E-state index in [4.69, 9.17) is 14.2 Å². The van der Waals surface area contributed by atoms with E-state index in [2.05, 4.69) is 12.2 Å². The van der Waals surface area contributed by atoms with Gasteiger partial charge in [0.2, 0.25) is 0 Å². The summed E-state index contributed by atoms with van der Waals surface area (Å²) >= 11 is 0. The van der Waals surface area contributed by atoms with Gasteiger partial charge in [-0.1, -0.05) is 0 Å². The maximum Gasteiger partial charge on any atom is 0.127 e. The van der Waals surface area contributed by atoms with E-state index in [1.54, 1.807) is 7.11 Å². The average molecular weight is 297 g/mol. The van der Waals surface area contributed by atoms with Gasteiger partial charge in [0.05, 0.1) is 18.8 Å². The highest BCUT2D eigenvalue weighted by molar-refractivity contribution is 5.29. The van der Waals surface area contributed by atoms with Crippen LogP contribution in [0.4, 0.5) is 4.39 Å². The van der Waals surface area contributed by atoms with Crippen LogP contribution in [0.3, 0.4) is 0 Å². The highest BCUT2D eigenvalue weighted by Crippen LogP contribution is 2.21. The van der Waals surface area contributed by atoms with E-state index >= 15 is 0 Å². The third-order valence-corrected chi connectivity index (χ3v) is 3.50. The molecular weight excluding hydrogens is 273 g/mol. The van der Waals surface area contributed by atoms with E-state index < -0.39 is 0 Å². The predicted octanol–water partition coefficient (Wildman–Crippen LogP) is 2.51. The first-order valence-electron chi connectivity index (χ1n) is 7.44. The lowest BCUT2D eigenvalue weighted by Gasteiger charge is -2.14. The molecule has 2 unspecified atom stereocenters. The number of ether oxygens (including phenoxy) is 3. The van der Waals surface area contributed by atoms with Crippen LogP contribution in [0.1, 0.15) is 25.3 Å². The first-order chi connectivity index (χ1) is 10.2. The van der Waals surface area contributed by atoms with Gasteiger partial charge >= 0.3 is 0 Å². The van der Waals surface area contributed by atoms with Crippen LogP contribution in [0.25, 0.3) is 0 Å². The fraction of sp³-hybridized carbons (Fsp3) is 0.625. The molecule has 1 saturated heterocycles. The lowest BCUT2D eigenvalue weighted by atomic mass is 10.2. The summed E-state index contributed by atoms with van der Waals surface area (Å²) < 4.78 is 29.9. The lowest BCUT2D eigenvalue weighted by Crippen LogP contribution is -2.19. The summed E-state index contributed by atoms with van der Waals surface area (Å²) in [6.45, 7) is 4.50. The quantitative estimate of drug-likeness (QED) is 0.748. The van der Waals surface area contributed by atoms with Crippen LogP contribution < -0.4 is 10.1 Å². The molecule has 1 heterocycles. The van der Waals surface area contributed by atoms with Gasteiger partial charge in [0.1, 0.15) is 18.2 Å². The van der Waals surface area contributed by atoms with Crippen LogP contribution in [-0.2, 0) is 16.0 Å². The maximum atomic E-state index is 13.6. The van der Waals surface area contributed by atoms with Gasteiger partial charge in [0.15, 0.2) is 0 Å². The van der Waals surface area contributed by atoms with E-state index in [1.807, 2.05) is 6.07 Å². The fourth-order valence-corrected chi connectivity index (χ4v) is 2.41. The number of benzene rings is 1. The highest BCUT2D eigenvalue weighted by Gasteiger charge is 2.22. The van der Waals surface area contributed by atoms with Crippen LogP contribution >= 0.6 is 0 Å². The number of hydrogen-bond donors (Lipinski definition) is 1. The minimum Gasteiger partial charge on any atom is -0.491 e. The number of methoxy groups -OCH3 is 1. The number of rotatable bonds is 8. The summed E-state index contributed by atoms with van der Waals surface area (Å²) in [6.07, 6.45) is 2.48. The molecule has 1 aliphatic rings. The van der Waals surface area contributed by atoms with Crippen molar-refractivity contribution in [1.29, 1.82) is 0 Å². The van der Waals surface area contributed by atoms with Crippen molar-refractivity contribution in [1.82, 2.24) is 5.32 Å². The molecule has 0 radical (unpaired) electrons.